The lowest BCUT2D eigenvalue weighted by Crippen LogP contribution is -2.30. The molecule has 1 rings (SSSR count). The quantitative estimate of drug-likeness (QED) is 0.626. The zero-order valence-corrected chi connectivity index (χ0v) is 14.6. The fraction of sp³-hybridized carbons (Fsp3) is 0.667. The van der Waals surface area contributed by atoms with E-state index in [1.165, 1.54) is 44.3 Å². The van der Waals surface area contributed by atoms with Crippen molar-refractivity contribution in [3.8, 4) is 0 Å². The SMILES string of the molecule is CCCCN(CCCC)CCC(NC)c1ccc(Cl)cc1. The van der Waals surface area contributed by atoms with Crippen LogP contribution in [0.4, 0.5) is 0 Å². The molecule has 0 bridgehead atoms. The van der Waals surface area contributed by atoms with Crippen LogP contribution in [0, 0.1) is 0 Å². The number of hydrogen-bond donors (Lipinski definition) is 1. The lowest BCUT2D eigenvalue weighted by molar-refractivity contribution is 0.251. The topological polar surface area (TPSA) is 15.3 Å². The molecule has 1 aromatic carbocycles. The molecule has 1 atom stereocenters. The second-order valence-electron chi connectivity index (χ2n) is 5.73. The van der Waals surface area contributed by atoms with Gasteiger partial charge in [0.15, 0.2) is 0 Å². The third kappa shape index (κ3) is 7.30. The average Bonchev–Trinajstić information content (AvgIpc) is 2.51. The molecule has 120 valence electrons. The zero-order chi connectivity index (χ0) is 15.5. The smallest absolute Gasteiger partial charge is 0.0406 e. The third-order valence-electron chi connectivity index (χ3n) is 4.01. The molecular formula is C18H31ClN2. The summed E-state index contributed by atoms with van der Waals surface area (Å²) in [5.41, 5.74) is 1.33. The van der Waals surface area contributed by atoms with Gasteiger partial charge >= 0.3 is 0 Å². The van der Waals surface area contributed by atoms with Crippen LogP contribution in [-0.2, 0) is 0 Å². The summed E-state index contributed by atoms with van der Waals surface area (Å²) < 4.78 is 0. The van der Waals surface area contributed by atoms with E-state index in [9.17, 15) is 0 Å². The minimum atomic E-state index is 0.410. The first-order valence-corrected chi connectivity index (χ1v) is 8.74. The minimum absolute atomic E-state index is 0.410. The molecule has 1 unspecified atom stereocenters. The van der Waals surface area contributed by atoms with E-state index < -0.39 is 0 Å². The Morgan fingerprint density at radius 1 is 1.00 bits per heavy atom. The number of halogens is 1. The van der Waals surface area contributed by atoms with Crippen molar-refractivity contribution in [3.63, 3.8) is 0 Å². The lowest BCUT2D eigenvalue weighted by Gasteiger charge is -2.25. The molecule has 0 saturated carbocycles. The summed E-state index contributed by atoms with van der Waals surface area (Å²) in [5.74, 6) is 0. The molecule has 0 aliphatic heterocycles. The number of nitrogens with zero attached hydrogens (tertiary/aromatic N) is 1. The van der Waals surface area contributed by atoms with Gasteiger partial charge in [-0.25, -0.2) is 0 Å². The Hall–Kier alpha value is -0.570. The monoisotopic (exact) mass is 310 g/mol. The molecule has 0 aliphatic rings. The largest absolute Gasteiger partial charge is 0.313 e. The van der Waals surface area contributed by atoms with E-state index in [4.69, 9.17) is 11.6 Å². The molecule has 0 heterocycles. The van der Waals surface area contributed by atoms with Crippen LogP contribution in [0.15, 0.2) is 24.3 Å². The molecule has 0 saturated heterocycles. The maximum atomic E-state index is 5.97. The predicted octanol–water partition coefficient (Wildman–Crippen LogP) is 4.89. The molecule has 0 aromatic heterocycles. The van der Waals surface area contributed by atoms with Crippen molar-refractivity contribution in [3.05, 3.63) is 34.9 Å². The van der Waals surface area contributed by atoms with Gasteiger partial charge in [0, 0.05) is 11.1 Å². The molecule has 0 radical (unpaired) electrons. The van der Waals surface area contributed by atoms with Gasteiger partial charge in [-0.2, -0.15) is 0 Å². The van der Waals surface area contributed by atoms with E-state index in [1.807, 2.05) is 19.2 Å². The number of rotatable bonds is 11. The van der Waals surface area contributed by atoms with Gasteiger partial charge < -0.3 is 10.2 Å². The van der Waals surface area contributed by atoms with Gasteiger partial charge in [0.2, 0.25) is 0 Å². The predicted molar refractivity (Wildman–Crippen MR) is 94.1 cm³/mol. The summed E-state index contributed by atoms with van der Waals surface area (Å²) in [6.07, 6.45) is 6.29. The molecule has 3 heteroatoms. The van der Waals surface area contributed by atoms with E-state index in [2.05, 4.69) is 36.2 Å². The van der Waals surface area contributed by atoms with Crippen LogP contribution >= 0.6 is 11.6 Å². The molecule has 0 aliphatic carbocycles. The number of hydrogen-bond acceptors (Lipinski definition) is 2. The molecule has 0 amide bonds. The van der Waals surface area contributed by atoms with Crippen LogP contribution in [0.2, 0.25) is 5.02 Å². The van der Waals surface area contributed by atoms with Crippen molar-refractivity contribution in [1.82, 2.24) is 10.2 Å². The molecule has 1 N–H and O–H groups in total. The van der Waals surface area contributed by atoms with Gasteiger partial charge in [0.05, 0.1) is 0 Å². The standard InChI is InChI=1S/C18H31ClN2/c1-4-6-13-21(14-7-5-2)15-12-18(20-3)16-8-10-17(19)11-9-16/h8-11,18,20H,4-7,12-15H2,1-3H3. The summed E-state index contributed by atoms with van der Waals surface area (Å²) in [6, 6.07) is 8.63. The molecule has 0 spiro atoms. The number of nitrogens with one attached hydrogen (secondary N) is 1. The second kappa shape index (κ2) is 11.1. The number of benzene rings is 1. The van der Waals surface area contributed by atoms with E-state index in [0.717, 1.165) is 18.0 Å². The highest BCUT2D eigenvalue weighted by molar-refractivity contribution is 6.30. The first-order chi connectivity index (χ1) is 10.2. The van der Waals surface area contributed by atoms with Gasteiger partial charge in [0.1, 0.15) is 0 Å². The summed E-state index contributed by atoms with van der Waals surface area (Å²) >= 11 is 5.97. The van der Waals surface area contributed by atoms with Crippen molar-refractivity contribution in [2.45, 2.75) is 52.0 Å². The molecule has 21 heavy (non-hydrogen) atoms. The molecular weight excluding hydrogens is 280 g/mol. The minimum Gasteiger partial charge on any atom is -0.313 e. The van der Waals surface area contributed by atoms with Crippen molar-refractivity contribution in [1.29, 1.82) is 0 Å². The highest BCUT2D eigenvalue weighted by Gasteiger charge is 2.11. The Morgan fingerprint density at radius 3 is 2.05 bits per heavy atom. The fourth-order valence-electron chi connectivity index (χ4n) is 2.58. The first-order valence-electron chi connectivity index (χ1n) is 8.36. The molecule has 2 nitrogen and oxygen atoms in total. The van der Waals surface area contributed by atoms with E-state index in [1.54, 1.807) is 0 Å². The fourth-order valence-corrected chi connectivity index (χ4v) is 2.71. The van der Waals surface area contributed by atoms with Crippen LogP contribution in [-0.4, -0.2) is 31.6 Å². The summed E-state index contributed by atoms with van der Waals surface area (Å²) in [7, 11) is 2.04. The lowest BCUT2D eigenvalue weighted by atomic mass is 10.0. The molecule has 0 fully saturated rings. The number of unbranched alkanes of at least 4 members (excludes halogenated alkanes) is 2. The van der Waals surface area contributed by atoms with Crippen LogP contribution in [0.5, 0.6) is 0 Å². The van der Waals surface area contributed by atoms with Crippen molar-refractivity contribution in [2.75, 3.05) is 26.7 Å². The maximum absolute atomic E-state index is 5.97. The van der Waals surface area contributed by atoms with E-state index in [-0.39, 0.29) is 0 Å². The van der Waals surface area contributed by atoms with Crippen LogP contribution in [0.1, 0.15) is 57.6 Å². The average molecular weight is 311 g/mol. The summed E-state index contributed by atoms with van der Waals surface area (Å²) in [4.78, 5) is 2.62. The van der Waals surface area contributed by atoms with Crippen molar-refractivity contribution < 1.29 is 0 Å². The Morgan fingerprint density at radius 2 is 1.57 bits per heavy atom. The highest BCUT2D eigenvalue weighted by Crippen LogP contribution is 2.19. The van der Waals surface area contributed by atoms with Gasteiger partial charge in [-0.3, -0.25) is 0 Å². The summed E-state index contributed by atoms with van der Waals surface area (Å²) in [5, 5.41) is 4.24. The Kier molecular flexibility index (Phi) is 9.73. The Labute approximate surface area is 135 Å². The Bertz CT molecular complexity index is 356. The second-order valence-corrected chi connectivity index (χ2v) is 6.17. The van der Waals surface area contributed by atoms with E-state index >= 15 is 0 Å². The Balaban J connectivity index is 2.51. The van der Waals surface area contributed by atoms with Gasteiger partial charge in [-0.15, -0.1) is 0 Å². The summed E-state index contributed by atoms with van der Waals surface area (Å²) in [6.45, 7) is 8.15. The first kappa shape index (κ1) is 18.5. The third-order valence-corrected chi connectivity index (χ3v) is 4.26. The normalized spacial score (nSPS) is 12.8. The van der Waals surface area contributed by atoms with E-state index in [0.29, 0.717) is 6.04 Å². The zero-order valence-electron chi connectivity index (χ0n) is 13.9. The van der Waals surface area contributed by atoms with Crippen LogP contribution in [0.3, 0.4) is 0 Å². The highest BCUT2D eigenvalue weighted by atomic mass is 35.5. The van der Waals surface area contributed by atoms with Gasteiger partial charge in [-0.05, 0) is 63.6 Å². The van der Waals surface area contributed by atoms with Crippen LogP contribution in [0.25, 0.3) is 0 Å². The van der Waals surface area contributed by atoms with Crippen molar-refractivity contribution in [2.24, 2.45) is 0 Å². The molecule has 1 aromatic rings. The van der Waals surface area contributed by atoms with Crippen LogP contribution < -0.4 is 5.32 Å². The van der Waals surface area contributed by atoms with Gasteiger partial charge in [-0.1, -0.05) is 50.4 Å². The van der Waals surface area contributed by atoms with Gasteiger partial charge in [0.25, 0.3) is 0 Å². The van der Waals surface area contributed by atoms with Crippen molar-refractivity contribution >= 4 is 11.6 Å². The maximum Gasteiger partial charge on any atom is 0.0406 e.